The van der Waals surface area contributed by atoms with E-state index in [1.165, 1.54) is 32.4 Å². The zero-order valence-electron chi connectivity index (χ0n) is 20.4. The lowest BCUT2D eigenvalue weighted by Gasteiger charge is -2.24. The molecular weight excluding hydrogens is 473 g/mol. The number of benzene rings is 1. The van der Waals surface area contributed by atoms with Crippen LogP contribution in [0, 0.1) is 5.82 Å². The van der Waals surface area contributed by atoms with E-state index in [1.54, 1.807) is 11.0 Å². The highest BCUT2D eigenvalue weighted by atomic mass is 19.1. The van der Waals surface area contributed by atoms with E-state index in [4.69, 9.17) is 23.7 Å². The maximum Gasteiger partial charge on any atom is 0.259 e. The SMILES string of the molecule is COCc1[nH]c(C=C2C(=O)Nc3ccc(F)cc32)c(OC)c1C(=O)N1CCOCCOCCOCC1. The Morgan fingerprint density at radius 2 is 1.75 bits per heavy atom. The second kappa shape index (κ2) is 12.1. The third-order valence-corrected chi connectivity index (χ3v) is 5.86. The molecule has 1 aromatic carbocycles. The molecule has 0 atom stereocenters. The molecule has 194 valence electrons. The number of amides is 2. The number of anilines is 1. The van der Waals surface area contributed by atoms with Crippen LogP contribution >= 0.6 is 0 Å². The van der Waals surface area contributed by atoms with Crippen molar-refractivity contribution >= 4 is 29.2 Å². The van der Waals surface area contributed by atoms with Crippen molar-refractivity contribution in [3.05, 3.63) is 46.5 Å². The average molecular weight is 504 g/mol. The molecule has 11 heteroatoms. The van der Waals surface area contributed by atoms with E-state index in [9.17, 15) is 14.0 Å². The van der Waals surface area contributed by atoms with E-state index in [-0.39, 0.29) is 29.7 Å². The lowest BCUT2D eigenvalue weighted by molar-refractivity contribution is -0.110. The molecule has 0 saturated carbocycles. The Morgan fingerprint density at radius 3 is 2.39 bits per heavy atom. The molecule has 2 aliphatic heterocycles. The highest BCUT2D eigenvalue weighted by Crippen LogP contribution is 2.37. The van der Waals surface area contributed by atoms with Crippen LogP contribution in [0.15, 0.2) is 18.2 Å². The minimum absolute atomic E-state index is 0.107. The van der Waals surface area contributed by atoms with Crippen molar-refractivity contribution in [3.63, 3.8) is 0 Å². The Balaban J connectivity index is 1.69. The molecule has 2 aliphatic rings. The van der Waals surface area contributed by atoms with Crippen molar-refractivity contribution in [2.45, 2.75) is 6.61 Å². The number of ether oxygens (including phenoxy) is 5. The van der Waals surface area contributed by atoms with Crippen molar-refractivity contribution in [2.24, 2.45) is 0 Å². The number of rotatable bonds is 5. The molecule has 0 bridgehead atoms. The fourth-order valence-corrected chi connectivity index (χ4v) is 4.16. The number of hydrogen-bond donors (Lipinski definition) is 2. The van der Waals surface area contributed by atoms with Gasteiger partial charge in [-0.2, -0.15) is 0 Å². The van der Waals surface area contributed by atoms with Crippen LogP contribution in [0.4, 0.5) is 10.1 Å². The van der Waals surface area contributed by atoms with E-state index >= 15 is 0 Å². The molecule has 1 aromatic heterocycles. The molecule has 2 amide bonds. The molecule has 1 saturated heterocycles. The number of fused-ring (bicyclic) bond motifs is 1. The number of carbonyl (C=O) groups is 2. The Bertz CT molecular complexity index is 1120. The van der Waals surface area contributed by atoms with Crippen LogP contribution < -0.4 is 10.1 Å². The fourth-order valence-electron chi connectivity index (χ4n) is 4.16. The van der Waals surface area contributed by atoms with Gasteiger partial charge in [0.1, 0.15) is 11.4 Å². The molecule has 3 heterocycles. The number of carbonyl (C=O) groups excluding carboxylic acids is 2. The summed E-state index contributed by atoms with van der Waals surface area (Å²) in [5.41, 5.74) is 2.37. The summed E-state index contributed by atoms with van der Waals surface area (Å²) in [5, 5.41) is 2.72. The van der Waals surface area contributed by atoms with Crippen LogP contribution in [-0.4, -0.2) is 88.6 Å². The largest absolute Gasteiger partial charge is 0.494 e. The molecule has 4 rings (SSSR count). The van der Waals surface area contributed by atoms with E-state index in [1.807, 2.05) is 0 Å². The summed E-state index contributed by atoms with van der Waals surface area (Å²) in [5.74, 6) is -0.868. The topological polar surface area (TPSA) is 111 Å². The third-order valence-electron chi connectivity index (χ3n) is 5.86. The molecule has 0 spiro atoms. The van der Waals surface area contributed by atoms with Crippen LogP contribution in [0.2, 0.25) is 0 Å². The number of halogens is 1. The predicted octanol–water partition coefficient (Wildman–Crippen LogP) is 2.31. The Hall–Kier alpha value is -3.25. The van der Waals surface area contributed by atoms with Crippen LogP contribution in [0.3, 0.4) is 0 Å². The summed E-state index contributed by atoms with van der Waals surface area (Å²) in [6.45, 7) is 3.22. The number of nitrogens with one attached hydrogen (secondary N) is 2. The van der Waals surface area contributed by atoms with E-state index in [0.717, 1.165) is 0 Å². The summed E-state index contributed by atoms with van der Waals surface area (Å²) in [6.07, 6.45) is 1.55. The molecule has 0 unspecified atom stereocenters. The normalized spacial score (nSPS) is 18.4. The van der Waals surface area contributed by atoms with Crippen molar-refractivity contribution in [2.75, 3.05) is 72.3 Å². The lowest BCUT2D eigenvalue weighted by Crippen LogP contribution is -2.37. The van der Waals surface area contributed by atoms with E-state index < -0.39 is 5.82 Å². The van der Waals surface area contributed by atoms with Gasteiger partial charge in [0.2, 0.25) is 0 Å². The maximum atomic E-state index is 13.9. The zero-order chi connectivity index (χ0) is 25.5. The molecule has 10 nitrogen and oxygen atoms in total. The minimum Gasteiger partial charge on any atom is -0.494 e. The van der Waals surface area contributed by atoms with Gasteiger partial charge in [-0.1, -0.05) is 0 Å². The first-order chi connectivity index (χ1) is 17.5. The Labute approximate surface area is 208 Å². The molecule has 1 fully saturated rings. The summed E-state index contributed by atoms with van der Waals surface area (Å²) in [4.78, 5) is 31.2. The van der Waals surface area contributed by atoms with Gasteiger partial charge in [0.05, 0.1) is 70.3 Å². The van der Waals surface area contributed by atoms with Gasteiger partial charge in [-0.25, -0.2) is 4.39 Å². The lowest BCUT2D eigenvalue weighted by atomic mass is 10.1. The number of aromatic nitrogens is 1. The van der Waals surface area contributed by atoms with Crippen LogP contribution in [0.1, 0.15) is 27.3 Å². The first-order valence-corrected chi connectivity index (χ1v) is 11.7. The number of methoxy groups -OCH3 is 2. The van der Waals surface area contributed by atoms with Crippen molar-refractivity contribution in [3.8, 4) is 5.75 Å². The third kappa shape index (κ3) is 5.76. The summed E-state index contributed by atoms with van der Waals surface area (Å²) in [7, 11) is 2.96. The standard InChI is InChI=1S/C25H30FN3O7/c1-32-15-21-22(25(31)29-5-7-34-9-11-36-12-10-35-8-6-29)23(33-2)20(27-21)14-18-17-13-16(26)3-4-19(17)28-24(18)30/h3-4,13-14,27H,5-12,15H2,1-2H3,(H,28,30). The highest BCUT2D eigenvalue weighted by Gasteiger charge is 2.30. The molecule has 2 N–H and O–H groups in total. The van der Waals surface area contributed by atoms with Gasteiger partial charge in [-0.05, 0) is 24.3 Å². The summed E-state index contributed by atoms with van der Waals surface area (Å²) >= 11 is 0. The molecule has 0 aliphatic carbocycles. The van der Waals surface area contributed by atoms with Gasteiger partial charge in [0.25, 0.3) is 11.8 Å². The summed E-state index contributed by atoms with van der Waals surface area (Å²) < 4.78 is 41.5. The quantitative estimate of drug-likeness (QED) is 0.603. The summed E-state index contributed by atoms with van der Waals surface area (Å²) in [6, 6.07) is 4.08. The Kier molecular flexibility index (Phi) is 8.70. The van der Waals surface area contributed by atoms with Crippen LogP contribution in [-0.2, 0) is 30.3 Å². The molecule has 0 radical (unpaired) electrons. The Morgan fingerprint density at radius 1 is 1.08 bits per heavy atom. The number of hydrogen-bond acceptors (Lipinski definition) is 7. The van der Waals surface area contributed by atoms with Gasteiger partial charge in [-0.15, -0.1) is 0 Å². The molecular formula is C25H30FN3O7. The highest BCUT2D eigenvalue weighted by molar-refractivity contribution is 6.35. The zero-order valence-corrected chi connectivity index (χ0v) is 20.4. The minimum atomic E-state index is -0.461. The number of nitrogens with zero attached hydrogens (tertiary/aromatic N) is 1. The second-order valence-electron chi connectivity index (χ2n) is 8.19. The van der Waals surface area contributed by atoms with Gasteiger partial charge in [0.15, 0.2) is 5.75 Å². The van der Waals surface area contributed by atoms with Gasteiger partial charge >= 0.3 is 0 Å². The number of H-pyrrole nitrogens is 1. The van der Waals surface area contributed by atoms with Crippen molar-refractivity contribution in [1.29, 1.82) is 0 Å². The second-order valence-corrected chi connectivity index (χ2v) is 8.19. The van der Waals surface area contributed by atoms with E-state index in [0.29, 0.717) is 80.9 Å². The monoisotopic (exact) mass is 503 g/mol. The first kappa shape index (κ1) is 25.8. The smallest absolute Gasteiger partial charge is 0.259 e. The first-order valence-electron chi connectivity index (χ1n) is 11.7. The van der Waals surface area contributed by atoms with Gasteiger partial charge in [-0.3, -0.25) is 9.59 Å². The van der Waals surface area contributed by atoms with Gasteiger partial charge < -0.3 is 38.9 Å². The number of aromatic amines is 1. The molecule has 36 heavy (non-hydrogen) atoms. The van der Waals surface area contributed by atoms with E-state index in [2.05, 4.69) is 10.3 Å². The average Bonchev–Trinajstić information content (AvgIpc) is 3.35. The van der Waals surface area contributed by atoms with Crippen molar-refractivity contribution < 1.29 is 37.7 Å². The van der Waals surface area contributed by atoms with Crippen LogP contribution in [0.5, 0.6) is 5.75 Å². The fraction of sp³-hybridized carbons (Fsp3) is 0.440. The maximum absolute atomic E-state index is 13.9. The van der Waals surface area contributed by atoms with Gasteiger partial charge in [0, 0.05) is 31.5 Å². The molecule has 2 aromatic rings. The van der Waals surface area contributed by atoms with Crippen LogP contribution in [0.25, 0.3) is 11.6 Å². The van der Waals surface area contributed by atoms with Crippen molar-refractivity contribution in [1.82, 2.24) is 9.88 Å². The predicted molar refractivity (Wildman–Crippen MR) is 129 cm³/mol.